The average Bonchev–Trinajstić information content (AvgIpc) is 3.11. The Balaban J connectivity index is 1.35. The zero-order chi connectivity index (χ0) is 19.5. The molecule has 4 aromatic rings. The summed E-state index contributed by atoms with van der Waals surface area (Å²) in [7, 11) is 0. The second-order valence-electron chi connectivity index (χ2n) is 8.70. The summed E-state index contributed by atoms with van der Waals surface area (Å²) in [6.45, 7) is 6.39. The number of hydrogen-bond donors (Lipinski definition) is 0. The first-order valence-corrected chi connectivity index (χ1v) is 9.57. The van der Waals surface area contributed by atoms with Gasteiger partial charge in [-0.1, -0.05) is 26.7 Å². The van der Waals surface area contributed by atoms with Crippen LogP contribution < -0.4 is 0 Å². The molecular weight excluding hydrogens is 348 g/mol. The van der Waals surface area contributed by atoms with Crippen LogP contribution in [0.2, 0.25) is 0 Å². The van der Waals surface area contributed by atoms with Gasteiger partial charge in [-0.15, -0.1) is 6.42 Å². The van der Waals surface area contributed by atoms with Gasteiger partial charge in [-0.2, -0.15) is 10.2 Å². The van der Waals surface area contributed by atoms with Crippen molar-refractivity contribution >= 4 is 11.0 Å². The van der Waals surface area contributed by atoms with Gasteiger partial charge >= 0.3 is 0 Å². The Morgan fingerprint density at radius 2 is 1.82 bits per heavy atom. The first-order chi connectivity index (χ1) is 13.4. The van der Waals surface area contributed by atoms with Crippen LogP contribution in [0.5, 0.6) is 0 Å². The van der Waals surface area contributed by atoms with Crippen LogP contribution in [-0.4, -0.2) is 29.2 Å². The molecule has 6 heteroatoms. The number of aromatic nitrogens is 6. The monoisotopic (exact) mass is 370 g/mol. The number of hydrogen-bond acceptors (Lipinski definition) is 4. The summed E-state index contributed by atoms with van der Waals surface area (Å²) in [5.41, 5.74) is 4.06. The van der Waals surface area contributed by atoms with E-state index in [-0.39, 0.29) is 5.41 Å². The summed E-state index contributed by atoms with van der Waals surface area (Å²) in [6, 6.07) is 4.12. The van der Waals surface area contributed by atoms with Crippen LogP contribution in [0.4, 0.5) is 0 Å². The van der Waals surface area contributed by atoms with E-state index in [1.807, 2.05) is 33.7 Å². The number of rotatable bonds is 3. The smallest absolute Gasteiger partial charge is 0.154 e. The Kier molecular flexibility index (Phi) is 3.57. The summed E-state index contributed by atoms with van der Waals surface area (Å²) < 4.78 is 3.78. The van der Waals surface area contributed by atoms with E-state index in [4.69, 9.17) is 11.5 Å². The lowest BCUT2D eigenvalue weighted by molar-refractivity contribution is 0.529. The van der Waals surface area contributed by atoms with E-state index in [9.17, 15) is 0 Å². The van der Waals surface area contributed by atoms with E-state index in [1.54, 1.807) is 0 Å². The molecule has 4 heterocycles. The van der Waals surface area contributed by atoms with Gasteiger partial charge in [0.2, 0.25) is 0 Å². The third kappa shape index (κ3) is 2.93. The molecule has 1 aliphatic carbocycles. The summed E-state index contributed by atoms with van der Waals surface area (Å²) in [5, 5.41) is 9.31. The fraction of sp³-hybridized carbons (Fsp3) is 0.364. The zero-order valence-electron chi connectivity index (χ0n) is 16.3. The van der Waals surface area contributed by atoms with Crippen molar-refractivity contribution in [2.75, 3.05) is 0 Å². The Morgan fingerprint density at radius 3 is 2.61 bits per heavy atom. The highest BCUT2D eigenvalue weighted by Crippen LogP contribution is 2.49. The maximum absolute atomic E-state index is 5.47. The highest BCUT2D eigenvalue weighted by atomic mass is 15.3. The molecule has 0 aliphatic heterocycles. The van der Waals surface area contributed by atoms with E-state index >= 15 is 0 Å². The molecule has 0 aromatic carbocycles. The van der Waals surface area contributed by atoms with Crippen LogP contribution in [0.1, 0.15) is 55.9 Å². The zero-order valence-corrected chi connectivity index (χ0v) is 16.3. The Labute approximate surface area is 163 Å². The van der Waals surface area contributed by atoms with Crippen LogP contribution in [0.15, 0.2) is 36.9 Å². The summed E-state index contributed by atoms with van der Waals surface area (Å²) >= 11 is 0. The molecule has 0 spiro atoms. The largest absolute Gasteiger partial charge is 0.237 e. The lowest BCUT2D eigenvalue weighted by atomic mass is 9.96. The Hall–Kier alpha value is -3.20. The molecule has 1 fully saturated rings. The molecule has 28 heavy (non-hydrogen) atoms. The second-order valence-corrected chi connectivity index (χ2v) is 8.70. The van der Waals surface area contributed by atoms with Crippen molar-refractivity contribution in [3.05, 3.63) is 59.7 Å². The van der Waals surface area contributed by atoms with Gasteiger partial charge in [0, 0.05) is 29.8 Å². The molecule has 2 atom stereocenters. The standard InChI is InChI=1S/C22H22N6/c1-5-14-6-17-10-23-20(25-27(17)12-14)9-15-8-19(15)16-7-18-11-24-21(22(2,3)4)26-28(18)13-16/h1,6-7,10-13,15,19H,8-9H2,2-4H3. The van der Waals surface area contributed by atoms with Gasteiger partial charge in [0.25, 0.3) is 0 Å². The van der Waals surface area contributed by atoms with Gasteiger partial charge in [-0.05, 0) is 36.0 Å². The molecular formula is C22H22N6. The van der Waals surface area contributed by atoms with Crippen molar-refractivity contribution < 1.29 is 0 Å². The minimum atomic E-state index is -0.0610. The molecule has 0 bridgehead atoms. The van der Waals surface area contributed by atoms with Crippen LogP contribution in [0.25, 0.3) is 11.0 Å². The molecule has 5 rings (SSSR count). The molecule has 0 radical (unpaired) electrons. The van der Waals surface area contributed by atoms with Gasteiger partial charge in [0.05, 0.1) is 23.4 Å². The average molecular weight is 370 g/mol. The van der Waals surface area contributed by atoms with E-state index in [2.05, 4.69) is 54.0 Å². The van der Waals surface area contributed by atoms with Crippen LogP contribution in [-0.2, 0) is 11.8 Å². The van der Waals surface area contributed by atoms with E-state index in [1.165, 1.54) is 5.56 Å². The molecule has 0 N–H and O–H groups in total. The maximum Gasteiger partial charge on any atom is 0.154 e. The predicted molar refractivity (Wildman–Crippen MR) is 107 cm³/mol. The molecule has 6 nitrogen and oxygen atoms in total. The quantitative estimate of drug-likeness (QED) is 0.519. The first-order valence-electron chi connectivity index (χ1n) is 9.57. The van der Waals surface area contributed by atoms with Gasteiger partial charge in [-0.25, -0.2) is 19.0 Å². The Bertz CT molecular complexity index is 1230. The normalized spacial score (nSPS) is 19.2. The SMILES string of the molecule is C#Cc1cc2cnc(CC3CC3c3cc4cnc(C(C)(C)C)nn4c3)nn2c1. The molecule has 140 valence electrons. The summed E-state index contributed by atoms with van der Waals surface area (Å²) in [6.07, 6.45) is 15.3. The second kappa shape index (κ2) is 5.90. The first kappa shape index (κ1) is 16.9. The lowest BCUT2D eigenvalue weighted by Crippen LogP contribution is -2.17. The van der Waals surface area contributed by atoms with Crippen LogP contribution in [0.3, 0.4) is 0 Å². The highest BCUT2D eigenvalue weighted by molar-refractivity contribution is 5.52. The van der Waals surface area contributed by atoms with E-state index < -0.39 is 0 Å². The third-order valence-corrected chi connectivity index (χ3v) is 5.40. The number of fused-ring (bicyclic) bond motifs is 2. The number of nitrogens with zero attached hydrogens (tertiary/aromatic N) is 6. The molecule has 1 saturated carbocycles. The number of terminal acetylenes is 1. The van der Waals surface area contributed by atoms with Crippen molar-refractivity contribution in [1.82, 2.24) is 29.2 Å². The minimum absolute atomic E-state index is 0.0610. The van der Waals surface area contributed by atoms with Crippen molar-refractivity contribution in [3.8, 4) is 12.3 Å². The lowest BCUT2D eigenvalue weighted by Gasteiger charge is -2.15. The molecule has 4 aromatic heterocycles. The van der Waals surface area contributed by atoms with Gasteiger partial charge in [-0.3, -0.25) is 0 Å². The van der Waals surface area contributed by atoms with Gasteiger partial charge in [0.1, 0.15) is 5.82 Å². The third-order valence-electron chi connectivity index (χ3n) is 5.40. The van der Waals surface area contributed by atoms with Crippen molar-refractivity contribution in [3.63, 3.8) is 0 Å². The molecule has 2 unspecified atom stereocenters. The summed E-state index contributed by atoms with van der Waals surface area (Å²) in [4.78, 5) is 9.04. The van der Waals surface area contributed by atoms with E-state index in [0.29, 0.717) is 11.8 Å². The van der Waals surface area contributed by atoms with Gasteiger partial charge in [0.15, 0.2) is 5.82 Å². The maximum atomic E-state index is 5.47. The van der Waals surface area contributed by atoms with E-state index in [0.717, 1.165) is 41.1 Å². The van der Waals surface area contributed by atoms with Crippen molar-refractivity contribution in [2.24, 2.45) is 5.92 Å². The topological polar surface area (TPSA) is 60.4 Å². The minimum Gasteiger partial charge on any atom is -0.237 e. The molecule has 0 amide bonds. The summed E-state index contributed by atoms with van der Waals surface area (Å²) in [5.74, 6) is 5.45. The van der Waals surface area contributed by atoms with Crippen LogP contribution >= 0.6 is 0 Å². The highest BCUT2D eigenvalue weighted by Gasteiger charge is 2.39. The Morgan fingerprint density at radius 1 is 1.07 bits per heavy atom. The van der Waals surface area contributed by atoms with Crippen molar-refractivity contribution in [2.45, 2.75) is 44.9 Å². The molecule has 1 aliphatic rings. The fourth-order valence-corrected chi connectivity index (χ4v) is 3.71. The van der Waals surface area contributed by atoms with Crippen LogP contribution in [0, 0.1) is 18.3 Å². The van der Waals surface area contributed by atoms with Gasteiger partial charge < -0.3 is 0 Å². The van der Waals surface area contributed by atoms with Crippen molar-refractivity contribution in [1.29, 1.82) is 0 Å². The fourth-order valence-electron chi connectivity index (χ4n) is 3.71. The predicted octanol–water partition coefficient (Wildman–Crippen LogP) is 3.40. The molecule has 0 saturated heterocycles.